The fourth-order valence-corrected chi connectivity index (χ4v) is 4.16. The highest BCUT2D eigenvalue weighted by molar-refractivity contribution is 5.89. The number of ether oxygens (including phenoxy) is 2. The molecule has 1 fully saturated rings. The molecule has 2 heterocycles. The van der Waals surface area contributed by atoms with Gasteiger partial charge in [0, 0.05) is 12.2 Å². The van der Waals surface area contributed by atoms with Crippen LogP contribution in [0, 0.1) is 0 Å². The van der Waals surface area contributed by atoms with Crippen LogP contribution in [0.5, 0.6) is 0 Å². The summed E-state index contributed by atoms with van der Waals surface area (Å²) in [7, 11) is 0. The fourth-order valence-electron chi connectivity index (χ4n) is 4.16. The lowest BCUT2D eigenvalue weighted by Crippen LogP contribution is -2.52. The monoisotopic (exact) mass is 491 g/mol. The highest BCUT2D eigenvalue weighted by atomic mass is 19.4. The fraction of sp³-hybridized carbons (Fsp3) is 0.400. The molecule has 7 nitrogen and oxygen atoms in total. The second-order valence-electron chi connectivity index (χ2n) is 8.63. The SMILES string of the molecule is O=C(Nc1ccc(C(F)(F)F)cc1)N[C@H](CN1CCCC1)[C@@H](O)C1=COC=C(C2=CC=CCC2)O1. The predicted octanol–water partition coefficient (Wildman–Crippen LogP) is 4.66. The minimum absolute atomic E-state index is 0.164. The molecule has 0 unspecified atom stereocenters. The zero-order valence-electron chi connectivity index (χ0n) is 19.1. The second-order valence-corrected chi connectivity index (χ2v) is 8.63. The first-order chi connectivity index (χ1) is 16.8. The Morgan fingerprint density at radius 3 is 2.54 bits per heavy atom. The van der Waals surface area contributed by atoms with Gasteiger partial charge >= 0.3 is 12.2 Å². The number of urea groups is 1. The van der Waals surface area contributed by atoms with E-state index in [0.29, 0.717) is 12.3 Å². The van der Waals surface area contributed by atoms with Crippen LogP contribution in [-0.4, -0.2) is 47.8 Å². The Kier molecular flexibility index (Phi) is 7.82. The van der Waals surface area contributed by atoms with Gasteiger partial charge in [0.25, 0.3) is 0 Å². The first-order valence-electron chi connectivity index (χ1n) is 11.5. The highest BCUT2D eigenvalue weighted by Crippen LogP contribution is 2.30. The number of nitrogens with one attached hydrogen (secondary N) is 2. The standard InChI is InChI=1S/C25H28F3N3O4/c26-25(27,28)18-8-10-19(11-9-18)29-24(33)30-20(14-31-12-4-5-13-31)23(32)22-16-34-15-21(35-22)17-6-2-1-3-7-17/h1-2,6,8-11,15-16,20,23,32H,3-5,7,12-14H2,(H2,29,30,33)/t20-,23-/m1/s1. The number of aliphatic hydroxyl groups is 1. The molecule has 0 radical (unpaired) electrons. The molecule has 188 valence electrons. The van der Waals surface area contributed by atoms with Gasteiger partial charge in [-0.25, -0.2) is 4.79 Å². The molecule has 2 amide bonds. The molecule has 1 aromatic carbocycles. The van der Waals surface area contributed by atoms with E-state index in [1.54, 1.807) is 0 Å². The minimum atomic E-state index is -4.46. The molecular weight excluding hydrogens is 463 g/mol. The summed E-state index contributed by atoms with van der Waals surface area (Å²) in [5, 5.41) is 16.4. The van der Waals surface area contributed by atoms with Crippen molar-refractivity contribution in [1.82, 2.24) is 10.2 Å². The number of rotatable bonds is 7. The molecule has 4 rings (SSSR count). The Hall–Kier alpha value is -3.24. The van der Waals surface area contributed by atoms with Crippen molar-refractivity contribution in [3.8, 4) is 0 Å². The second kappa shape index (κ2) is 11.0. The van der Waals surface area contributed by atoms with E-state index < -0.39 is 29.9 Å². The van der Waals surface area contributed by atoms with Gasteiger partial charge in [0.1, 0.15) is 18.6 Å². The maximum atomic E-state index is 12.8. The molecule has 3 aliphatic rings. The average molecular weight is 492 g/mol. The molecule has 1 aliphatic carbocycles. The Morgan fingerprint density at radius 1 is 1.14 bits per heavy atom. The van der Waals surface area contributed by atoms with Crippen molar-refractivity contribution in [2.24, 2.45) is 0 Å². The zero-order chi connectivity index (χ0) is 24.8. The van der Waals surface area contributed by atoms with E-state index in [0.717, 1.165) is 56.5 Å². The summed E-state index contributed by atoms with van der Waals surface area (Å²) in [6, 6.07) is 2.75. The van der Waals surface area contributed by atoms with Gasteiger partial charge in [0.15, 0.2) is 11.5 Å². The van der Waals surface area contributed by atoms with Crippen LogP contribution < -0.4 is 10.6 Å². The van der Waals surface area contributed by atoms with Crippen molar-refractivity contribution in [3.63, 3.8) is 0 Å². The van der Waals surface area contributed by atoms with Crippen LogP contribution in [-0.2, 0) is 15.7 Å². The summed E-state index contributed by atoms with van der Waals surface area (Å²) in [4.78, 5) is 14.8. The molecule has 10 heteroatoms. The molecular formula is C25H28F3N3O4. The number of alkyl halides is 3. The molecule has 0 aromatic heterocycles. The number of halogens is 3. The summed E-state index contributed by atoms with van der Waals surface area (Å²) >= 11 is 0. The average Bonchev–Trinajstić information content (AvgIpc) is 3.37. The van der Waals surface area contributed by atoms with Gasteiger partial charge in [-0.2, -0.15) is 13.2 Å². The number of allylic oxidation sites excluding steroid dienone is 4. The van der Waals surface area contributed by atoms with E-state index in [1.807, 2.05) is 18.2 Å². The van der Waals surface area contributed by atoms with E-state index in [2.05, 4.69) is 15.5 Å². The number of carbonyl (C=O) groups is 1. The lowest BCUT2D eigenvalue weighted by molar-refractivity contribution is -0.137. The number of aliphatic hydroxyl groups excluding tert-OH is 1. The normalized spacial score (nSPS) is 20.1. The van der Waals surface area contributed by atoms with E-state index in [9.17, 15) is 23.1 Å². The van der Waals surface area contributed by atoms with Crippen molar-refractivity contribution >= 4 is 11.7 Å². The van der Waals surface area contributed by atoms with Crippen molar-refractivity contribution in [2.45, 2.75) is 44.0 Å². The topological polar surface area (TPSA) is 83.1 Å². The van der Waals surface area contributed by atoms with Gasteiger partial charge in [-0.3, -0.25) is 0 Å². The van der Waals surface area contributed by atoms with E-state index in [1.165, 1.54) is 24.7 Å². The molecule has 1 aromatic rings. The Bertz CT molecular complexity index is 1030. The van der Waals surface area contributed by atoms with Crippen LogP contribution >= 0.6 is 0 Å². The van der Waals surface area contributed by atoms with Crippen LogP contribution in [0.4, 0.5) is 23.7 Å². The van der Waals surface area contributed by atoms with E-state index in [4.69, 9.17) is 9.47 Å². The summed E-state index contributed by atoms with van der Waals surface area (Å²) in [6.07, 6.45) is 6.71. The maximum Gasteiger partial charge on any atom is 0.416 e. The number of amides is 2. The third-order valence-corrected chi connectivity index (χ3v) is 6.03. The number of hydrogen-bond donors (Lipinski definition) is 3. The smallest absolute Gasteiger partial charge is 0.416 e. The van der Waals surface area contributed by atoms with Gasteiger partial charge in [-0.1, -0.05) is 18.2 Å². The van der Waals surface area contributed by atoms with Crippen LogP contribution in [0.1, 0.15) is 31.2 Å². The third-order valence-electron chi connectivity index (χ3n) is 6.03. The van der Waals surface area contributed by atoms with E-state index >= 15 is 0 Å². The number of hydrogen-bond acceptors (Lipinski definition) is 5. The molecule has 1 saturated heterocycles. The van der Waals surface area contributed by atoms with Crippen molar-refractivity contribution in [1.29, 1.82) is 0 Å². The summed E-state index contributed by atoms with van der Waals surface area (Å²) < 4.78 is 49.7. The van der Waals surface area contributed by atoms with Crippen LogP contribution in [0.25, 0.3) is 0 Å². The van der Waals surface area contributed by atoms with Crippen LogP contribution in [0.15, 0.2) is 72.1 Å². The first-order valence-corrected chi connectivity index (χ1v) is 11.5. The Labute approximate surface area is 201 Å². The highest BCUT2D eigenvalue weighted by Gasteiger charge is 2.32. The van der Waals surface area contributed by atoms with E-state index in [-0.39, 0.29) is 11.4 Å². The summed E-state index contributed by atoms with van der Waals surface area (Å²) in [5.41, 5.74) is 0.331. The Balaban J connectivity index is 1.42. The van der Waals surface area contributed by atoms with Gasteiger partial charge < -0.3 is 30.1 Å². The van der Waals surface area contributed by atoms with Gasteiger partial charge in [-0.05, 0) is 68.6 Å². The predicted molar refractivity (Wildman–Crippen MR) is 124 cm³/mol. The zero-order valence-corrected chi connectivity index (χ0v) is 19.1. The molecule has 0 saturated carbocycles. The molecule has 35 heavy (non-hydrogen) atoms. The van der Waals surface area contributed by atoms with Gasteiger partial charge in [0.05, 0.1) is 11.6 Å². The number of likely N-dealkylation sites (tertiary alicyclic amines) is 1. The lowest BCUT2D eigenvalue weighted by Gasteiger charge is -2.30. The quantitative estimate of drug-likeness (QED) is 0.517. The summed E-state index contributed by atoms with van der Waals surface area (Å²) in [5.74, 6) is 0.664. The third kappa shape index (κ3) is 6.67. The Morgan fingerprint density at radius 2 is 1.89 bits per heavy atom. The van der Waals surface area contributed by atoms with Crippen molar-refractivity contribution in [3.05, 3.63) is 77.7 Å². The summed E-state index contributed by atoms with van der Waals surface area (Å²) in [6.45, 7) is 2.05. The van der Waals surface area contributed by atoms with Crippen molar-refractivity contribution < 1.29 is 32.5 Å². The van der Waals surface area contributed by atoms with Crippen LogP contribution in [0.2, 0.25) is 0 Å². The van der Waals surface area contributed by atoms with Gasteiger partial charge in [-0.15, -0.1) is 0 Å². The lowest BCUT2D eigenvalue weighted by atomic mass is 10.0. The molecule has 2 aliphatic heterocycles. The van der Waals surface area contributed by atoms with Gasteiger partial charge in [0.2, 0.25) is 0 Å². The number of benzene rings is 1. The van der Waals surface area contributed by atoms with Crippen molar-refractivity contribution in [2.75, 3.05) is 25.0 Å². The van der Waals surface area contributed by atoms with Crippen LogP contribution in [0.3, 0.4) is 0 Å². The molecule has 2 atom stereocenters. The minimum Gasteiger partial charge on any atom is -0.465 e. The largest absolute Gasteiger partial charge is 0.465 e. The molecule has 0 spiro atoms. The molecule has 3 N–H and O–H groups in total. The number of nitrogens with zero attached hydrogens (tertiary/aromatic N) is 1. The number of carbonyl (C=O) groups excluding carboxylic acids is 1. The first kappa shape index (κ1) is 24.9. The number of anilines is 1. The maximum absolute atomic E-state index is 12.8. The molecule has 0 bridgehead atoms.